The van der Waals surface area contributed by atoms with Crippen molar-refractivity contribution >= 4 is 16.9 Å². The van der Waals surface area contributed by atoms with Crippen molar-refractivity contribution in [2.75, 3.05) is 11.6 Å². The number of hydrazine groups is 1. The lowest BCUT2D eigenvalue weighted by atomic mass is 10.2. The molecule has 1 aromatic carbocycles. The first-order valence-electron chi connectivity index (χ1n) is 6.05. The number of nitrogens with two attached hydrogens (primary N) is 1. The van der Waals surface area contributed by atoms with Gasteiger partial charge in [-0.2, -0.15) is 0 Å². The number of benzene rings is 1. The van der Waals surface area contributed by atoms with E-state index in [1.807, 2.05) is 30.5 Å². The molecule has 0 atom stereocenters. The lowest BCUT2D eigenvalue weighted by Crippen LogP contribution is -2.33. The number of anilines is 1. The van der Waals surface area contributed by atoms with Crippen LogP contribution in [0.5, 0.6) is 0 Å². The SMILES string of the molecule is CCCCCN(N)c1ncc2ccccc2n1. The molecule has 1 aromatic heterocycles. The fourth-order valence-electron chi connectivity index (χ4n) is 1.73. The van der Waals surface area contributed by atoms with E-state index in [4.69, 9.17) is 5.84 Å². The highest BCUT2D eigenvalue weighted by atomic mass is 15.5. The molecule has 4 heteroatoms. The topological polar surface area (TPSA) is 55.0 Å². The van der Waals surface area contributed by atoms with Crippen molar-refractivity contribution in [2.24, 2.45) is 5.84 Å². The molecule has 0 aliphatic heterocycles. The van der Waals surface area contributed by atoms with E-state index in [-0.39, 0.29) is 0 Å². The summed E-state index contributed by atoms with van der Waals surface area (Å²) in [6.45, 7) is 2.97. The second-order valence-corrected chi connectivity index (χ2v) is 4.13. The molecule has 0 fully saturated rings. The van der Waals surface area contributed by atoms with E-state index in [2.05, 4.69) is 16.9 Å². The van der Waals surface area contributed by atoms with Crippen LogP contribution in [0, 0.1) is 0 Å². The van der Waals surface area contributed by atoms with E-state index in [0.717, 1.165) is 23.9 Å². The first-order chi connectivity index (χ1) is 8.31. The fourth-order valence-corrected chi connectivity index (χ4v) is 1.73. The van der Waals surface area contributed by atoms with E-state index < -0.39 is 0 Å². The molecule has 2 rings (SSSR count). The summed E-state index contributed by atoms with van der Waals surface area (Å²) < 4.78 is 0. The van der Waals surface area contributed by atoms with Crippen molar-refractivity contribution in [3.63, 3.8) is 0 Å². The Bertz CT molecular complexity index is 484. The second kappa shape index (κ2) is 5.59. The van der Waals surface area contributed by atoms with Gasteiger partial charge in [0, 0.05) is 18.1 Å². The van der Waals surface area contributed by atoms with Crippen molar-refractivity contribution in [3.05, 3.63) is 30.5 Å². The van der Waals surface area contributed by atoms with E-state index in [0.29, 0.717) is 5.95 Å². The molecule has 2 N–H and O–H groups in total. The molecule has 2 aromatic rings. The average Bonchev–Trinajstić information content (AvgIpc) is 2.38. The Balaban J connectivity index is 2.12. The van der Waals surface area contributed by atoms with Gasteiger partial charge in [0.15, 0.2) is 0 Å². The molecule has 0 spiro atoms. The van der Waals surface area contributed by atoms with Crippen LogP contribution in [0.4, 0.5) is 5.95 Å². The number of rotatable bonds is 5. The van der Waals surface area contributed by atoms with Crippen LogP contribution < -0.4 is 10.9 Å². The highest BCUT2D eigenvalue weighted by Crippen LogP contribution is 2.13. The van der Waals surface area contributed by atoms with Gasteiger partial charge < -0.3 is 0 Å². The lowest BCUT2D eigenvalue weighted by Gasteiger charge is -2.16. The highest BCUT2D eigenvalue weighted by molar-refractivity contribution is 5.78. The Kier molecular flexibility index (Phi) is 3.88. The van der Waals surface area contributed by atoms with Gasteiger partial charge in [-0.25, -0.2) is 15.8 Å². The molecule has 1 heterocycles. The molecule has 0 unspecified atom stereocenters. The molecule has 0 aliphatic carbocycles. The molecule has 0 aliphatic rings. The summed E-state index contributed by atoms with van der Waals surface area (Å²) in [7, 11) is 0. The van der Waals surface area contributed by atoms with Gasteiger partial charge in [0.1, 0.15) is 0 Å². The van der Waals surface area contributed by atoms with E-state index in [9.17, 15) is 0 Å². The standard InChI is InChI=1S/C13H18N4/c1-2-3-6-9-17(14)13-15-10-11-7-4-5-8-12(11)16-13/h4-5,7-8,10H,2-3,6,9,14H2,1H3. The smallest absolute Gasteiger partial charge is 0.240 e. The van der Waals surface area contributed by atoms with Crippen molar-refractivity contribution in [1.29, 1.82) is 0 Å². The zero-order valence-electron chi connectivity index (χ0n) is 10.1. The van der Waals surface area contributed by atoms with E-state index >= 15 is 0 Å². The summed E-state index contributed by atoms with van der Waals surface area (Å²) in [5.74, 6) is 6.53. The van der Waals surface area contributed by atoms with Gasteiger partial charge in [0.25, 0.3) is 0 Å². The van der Waals surface area contributed by atoms with Crippen molar-refractivity contribution in [1.82, 2.24) is 9.97 Å². The minimum absolute atomic E-state index is 0.597. The number of fused-ring (bicyclic) bond motifs is 1. The van der Waals surface area contributed by atoms with Gasteiger partial charge in [-0.05, 0) is 12.5 Å². The van der Waals surface area contributed by atoms with Crippen LogP contribution in [0.25, 0.3) is 10.9 Å². The van der Waals surface area contributed by atoms with Crippen LogP contribution in [0.2, 0.25) is 0 Å². The summed E-state index contributed by atoms with van der Waals surface area (Å²) in [4.78, 5) is 8.72. The maximum Gasteiger partial charge on any atom is 0.240 e. The molecule has 0 saturated carbocycles. The summed E-state index contributed by atoms with van der Waals surface area (Å²) in [5, 5.41) is 2.67. The van der Waals surface area contributed by atoms with Crippen LogP contribution >= 0.6 is 0 Å². The van der Waals surface area contributed by atoms with Gasteiger partial charge >= 0.3 is 0 Å². The molecule has 90 valence electrons. The minimum Gasteiger partial charge on any atom is -0.279 e. The number of para-hydroxylation sites is 1. The van der Waals surface area contributed by atoms with Crippen molar-refractivity contribution < 1.29 is 0 Å². The van der Waals surface area contributed by atoms with Crippen molar-refractivity contribution in [3.8, 4) is 0 Å². The van der Waals surface area contributed by atoms with Gasteiger partial charge in [0.2, 0.25) is 5.95 Å². The van der Waals surface area contributed by atoms with E-state index in [1.54, 1.807) is 5.01 Å². The van der Waals surface area contributed by atoms with Crippen molar-refractivity contribution in [2.45, 2.75) is 26.2 Å². The van der Waals surface area contributed by atoms with E-state index in [1.165, 1.54) is 12.8 Å². The first-order valence-corrected chi connectivity index (χ1v) is 6.05. The number of hydrogen-bond acceptors (Lipinski definition) is 4. The average molecular weight is 230 g/mol. The molecular weight excluding hydrogens is 212 g/mol. The molecule has 0 amide bonds. The predicted octanol–water partition coefficient (Wildman–Crippen LogP) is 2.50. The monoisotopic (exact) mass is 230 g/mol. The molecule has 4 nitrogen and oxygen atoms in total. The number of hydrogen-bond donors (Lipinski definition) is 1. The number of unbranched alkanes of at least 4 members (excludes halogenated alkanes) is 2. The van der Waals surface area contributed by atoms with Crippen LogP contribution in [0.15, 0.2) is 30.5 Å². The zero-order valence-corrected chi connectivity index (χ0v) is 10.1. The largest absolute Gasteiger partial charge is 0.279 e. The number of aromatic nitrogens is 2. The summed E-state index contributed by atoms with van der Waals surface area (Å²) >= 11 is 0. The Morgan fingerprint density at radius 1 is 1.24 bits per heavy atom. The van der Waals surface area contributed by atoms with Gasteiger partial charge in [-0.15, -0.1) is 0 Å². The Morgan fingerprint density at radius 3 is 2.88 bits per heavy atom. The highest BCUT2D eigenvalue weighted by Gasteiger charge is 2.05. The quantitative estimate of drug-likeness (QED) is 0.487. The Morgan fingerprint density at radius 2 is 2.06 bits per heavy atom. The zero-order chi connectivity index (χ0) is 12.1. The summed E-state index contributed by atoms with van der Waals surface area (Å²) in [6.07, 6.45) is 5.26. The van der Waals surface area contributed by atoms with Crippen LogP contribution in [-0.2, 0) is 0 Å². The normalized spacial score (nSPS) is 10.7. The van der Waals surface area contributed by atoms with Crippen LogP contribution in [0.3, 0.4) is 0 Å². The molecule has 0 saturated heterocycles. The maximum atomic E-state index is 5.94. The Labute approximate surface area is 101 Å². The summed E-state index contributed by atoms with van der Waals surface area (Å²) in [5.41, 5.74) is 0.934. The molecular formula is C13H18N4. The maximum absolute atomic E-state index is 5.94. The second-order valence-electron chi connectivity index (χ2n) is 4.13. The third kappa shape index (κ3) is 2.91. The van der Waals surface area contributed by atoms with Gasteiger partial charge in [-0.3, -0.25) is 5.01 Å². The third-order valence-corrected chi connectivity index (χ3v) is 2.74. The van der Waals surface area contributed by atoms with Crippen LogP contribution in [-0.4, -0.2) is 16.5 Å². The minimum atomic E-state index is 0.597. The molecule has 17 heavy (non-hydrogen) atoms. The molecule has 0 radical (unpaired) electrons. The van der Waals surface area contributed by atoms with Gasteiger partial charge in [0.05, 0.1) is 5.52 Å². The van der Waals surface area contributed by atoms with Gasteiger partial charge in [-0.1, -0.05) is 38.0 Å². The predicted molar refractivity (Wildman–Crippen MR) is 70.6 cm³/mol. The summed E-state index contributed by atoms with van der Waals surface area (Å²) in [6, 6.07) is 7.92. The lowest BCUT2D eigenvalue weighted by molar-refractivity contribution is 0.678. The van der Waals surface area contributed by atoms with Crippen LogP contribution in [0.1, 0.15) is 26.2 Å². The molecule has 0 bridgehead atoms. The Hall–Kier alpha value is -1.68. The first kappa shape index (κ1) is 11.8. The fraction of sp³-hybridized carbons (Fsp3) is 0.385. The number of nitrogens with zero attached hydrogens (tertiary/aromatic N) is 3. The third-order valence-electron chi connectivity index (χ3n) is 2.74.